The lowest BCUT2D eigenvalue weighted by Crippen LogP contribution is -2.41. The maximum atomic E-state index is 10.0. The fraction of sp³-hybridized carbons (Fsp3) is 0.714. The second-order valence-corrected chi connectivity index (χ2v) is 5.99. The van der Waals surface area contributed by atoms with Crippen molar-refractivity contribution >= 4 is 11.3 Å². The van der Waals surface area contributed by atoms with Gasteiger partial charge in [0, 0.05) is 30.6 Å². The summed E-state index contributed by atoms with van der Waals surface area (Å²) in [7, 11) is 0. The van der Waals surface area contributed by atoms with Gasteiger partial charge in [0.2, 0.25) is 0 Å². The Hall–Kier alpha value is -0.420. The minimum atomic E-state index is -0.293. The van der Waals surface area contributed by atoms with Crippen LogP contribution in [0.5, 0.6) is 0 Å². The third kappa shape index (κ3) is 5.96. The third-order valence-electron chi connectivity index (χ3n) is 2.92. The average molecular weight is 270 g/mol. The highest BCUT2D eigenvalue weighted by Crippen LogP contribution is 2.14. The zero-order valence-corrected chi connectivity index (χ0v) is 12.5. The summed E-state index contributed by atoms with van der Waals surface area (Å²) in [5.74, 6) is 0. The van der Waals surface area contributed by atoms with Gasteiger partial charge in [-0.1, -0.05) is 13.0 Å². The van der Waals surface area contributed by atoms with Crippen LogP contribution in [0.15, 0.2) is 17.5 Å². The maximum absolute atomic E-state index is 10.0. The number of hydrogen-bond acceptors (Lipinski definition) is 4. The molecule has 2 N–H and O–H groups in total. The van der Waals surface area contributed by atoms with Crippen LogP contribution in [-0.2, 0) is 6.54 Å². The minimum absolute atomic E-state index is 0.293. The van der Waals surface area contributed by atoms with Crippen molar-refractivity contribution < 1.29 is 5.11 Å². The van der Waals surface area contributed by atoms with Gasteiger partial charge in [0.25, 0.3) is 0 Å². The normalized spacial score (nSPS) is 13.4. The standard InChI is InChI=1S/C14H26N2OS/c1-4-7-15-9-13(17)10-16(12(2)3)11-14-6-5-8-18-14/h5-6,8,12-13,15,17H,4,7,9-11H2,1-3H3. The van der Waals surface area contributed by atoms with Gasteiger partial charge in [-0.25, -0.2) is 0 Å². The van der Waals surface area contributed by atoms with Crippen molar-refractivity contribution in [3.63, 3.8) is 0 Å². The van der Waals surface area contributed by atoms with E-state index in [1.165, 1.54) is 4.88 Å². The second kappa shape index (κ2) is 8.64. The van der Waals surface area contributed by atoms with Crippen LogP contribution in [0.4, 0.5) is 0 Å². The largest absolute Gasteiger partial charge is 0.390 e. The van der Waals surface area contributed by atoms with Gasteiger partial charge in [0.15, 0.2) is 0 Å². The molecule has 0 saturated carbocycles. The van der Waals surface area contributed by atoms with Crippen molar-refractivity contribution in [2.24, 2.45) is 0 Å². The predicted octanol–water partition coefficient (Wildman–Crippen LogP) is 2.32. The number of aliphatic hydroxyl groups excluding tert-OH is 1. The Morgan fingerprint density at radius 2 is 2.22 bits per heavy atom. The zero-order valence-electron chi connectivity index (χ0n) is 11.7. The SMILES string of the molecule is CCCNCC(O)CN(Cc1cccs1)C(C)C. The van der Waals surface area contributed by atoms with Crippen LogP contribution >= 0.6 is 11.3 Å². The molecule has 18 heavy (non-hydrogen) atoms. The summed E-state index contributed by atoms with van der Waals surface area (Å²) in [6.07, 6.45) is 0.814. The Bertz CT molecular complexity index is 301. The number of aliphatic hydroxyl groups is 1. The van der Waals surface area contributed by atoms with Gasteiger partial charge in [-0.3, -0.25) is 4.90 Å². The predicted molar refractivity (Wildman–Crippen MR) is 79.0 cm³/mol. The number of hydrogen-bond donors (Lipinski definition) is 2. The Kier molecular flexibility index (Phi) is 7.51. The van der Waals surface area contributed by atoms with Gasteiger partial charge in [-0.15, -0.1) is 11.3 Å². The van der Waals surface area contributed by atoms with Crippen LogP contribution in [0.2, 0.25) is 0 Å². The smallest absolute Gasteiger partial charge is 0.0791 e. The molecule has 0 fully saturated rings. The lowest BCUT2D eigenvalue weighted by Gasteiger charge is -2.28. The van der Waals surface area contributed by atoms with E-state index < -0.39 is 0 Å². The lowest BCUT2D eigenvalue weighted by molar-refractivity contribution is 0.0908. The first kappa shape index (κ1) is 15.6. The van der Waals surface area contributed by atoms with Crippen LogP contribution in [0, 0.1) is 0 Å². The van der Waals surface area contributed by atoms with Crippen LogP contribution in [0.3, 0.4) is 0 Å². The molecule has 0 aliphatic carbocycles. The number of nitrogens with one attached hydrogen (secondary N) is 1. The monoisotopic (exact) mass is 270 g/mol. The summed E-state index contributed by atoms with van der Waals surface area (Å²) in [5.41, 5.74) is 0. The second-order valence-electron chi connectivity index (χ2n) is 4.96. The molecule has 0 bridgehead atoms. The van der Waals surface area contributed by atoms with Gasteiger partial charge in [-0.05, 0) is 38.3 Å². The fourth-order valence-electron chi connectivity index (χ4n) is 1.84. The molecule has 104 valence electrons. The molecule has 4 heteroatoms. The Labute approximate surface area is 115 Å². The van der Waals surface area contributed by atoms with E-state index in [0.29, 0.717) is 12.6 Å². The number of nitrogens with zero attached hydrogens (tertiary/aromatic N) is 1. The van der Waals surface area contributed by atoms with Crippen LogP contribution in [0.1, 0.15) is 32.1 Å². The summed E-state index contributed by atoms with van der Waals surface area (Å²) in [6.45, 7) is 9.81. The van der Waals surface area contributed by atoms with Gasteiger partial charge in [0.05, 0.1) is 6.10 Å². The molecule has 0 amide bonds. The van der Waals surface area contributed by atoms with Crippen molar-refractivity contribution in [1.29, 1.82) is 0 Å². The highest BCUT2D eigenvalue weighted by molar-refractivity contribution is 7.09. The van der Waals surface area contributed by atoms with Gasteiger partial charge in [0.1, 0.15) is 0 Å². The van der Waals surface area contributed by atoms with Gasteiger partial charge < -0.3 is 10.4 Å². The van der Waals surface area contributed by atoms with Crippen molar-refractivity contribution in [2.75, 3.05) is 19.6 Å². The summed E-state index contributed by atoms with van der Waals surface area (Å²) in [6, 6.07) is 4.69. The maximum Gasteiger partial charge on any atom is 0.0791 e. The Morgan fingerprint density at radius 1 is 1.44 bits per heavy atom. The van der Waals surface area contributed by atoms with E-state index in [2.05, 4.69) is 48.5 Å². The molecule has 0 aliphatic heterocycles. The number of rotatable bonds is 9. The van der Waals surface area contributed by atoms with Crippen molar-refractivity contribution in [3.05, 3.63) is 22.4 Å². The van der Waals surface area contributed by atoms with Crippen molar-refractivity contribution in [3.8, 4) is 0 Å². The van der Waals surface area contributed by atoms with E-state index in [1.807, 2.05) is 0 Å². The summed E-state index contributed by atoms with van der Waals surface area (Å²) in [4.78, 5) is 3.68. The van der Waals surface area contributed by atoms with Gasteiger partial charge >= 0.3 is 0 Å². The first-order valence-corrected chi connectivity index (χ1v) is 7.66. The highest BCUT2D eigenvalue weighted by Gasteiger charge is 2.15. The molecule has 1 aromatic heterocycles. The fourth-order valence-corrected chi connectivity index (χ4v) is 2.57. The van der Waals surface area contributed by atoms with Crippen molar-refractivity contribution in [1.82, 2.24) is 10.2 Å². The molecule has 1 aromatic rings. The molecular weight excluding hydrogens is 244 g/mol. The minimum Gasteiger partial charge on any atom is -0.390 e. The molecule has 1 heterocycles. The molecule has 0 aliphatic rings. The molecule has 1 atom stereocenters. The molecule has 0 aromatic carbocycles. The van der Waals surface area contributed by atoms with E-state index in [-0.39, 0.29) is 6.10 Å². The van der Waals surface area contributed by atoms with E-state index in [9.17, 15) is 5.11 Å². The first-order valence-electron chi connectivity index (χ1n) is 6.78. The molecule has 0 radical (unpaired) electrons. The number of thiophene rings is 1. The van der Waals surface area contributed by atoms with Crippen LogP contribution < -0.4 is 5.32 Å². The third-order valence-corrected chi connectivity index (χ3v) is 3.78. The topological polar surface area (TPSA) is 35.5 Å². The van der Waals surface area contributed by atoms with Gasteiger partial charge in [-0.2, -0.15) is 0 Å². The summed E-state index contributed by atoms with van der Waals surface area (Å²) in [5, 5.41) is 15.4. The summed E-state index contributed by atoms with van der Waals surface area (Å²) >= 11 is 1.78. The first-order chi connectivity index (χ1) is 8.63. The zero-order chi connectivity index (χ0) is 13.4. The van der Waals surface area contributed by atoms with Crippen LogP contribution in [0.25, 0.3) is 0 Å². The van der Waals surface area contributed by atoms with Crippen LogP contribution in [-0.4, -0.2) is 41.8 Å². The molecule has 3 nitrogen and oxygen atoms in total. The average Bonchev–Trinajstić information content (AvgIpc) is 2.81. The highest BCUT2D eigenvalue weighted by atomic mass is 32.1. The van der Waals surface area contributed by atoms with Crippen molar-refractivity contribution in [2.45, 2.75) is 45.9 Å². The Morgan fingerprint density at radius 3 is 2.78 bits per heavy atom. The van der Waals surface area contributed by atoms with E-state index >= 15 is 0 Å². The quantitative estimate of drug-likeness (QED) is 0.676. The van der Waals surface area contributed by atoms with E-state index in [4.69, 9.17) is 0 Å². The molecule has 0 saturated heterocycles. The van der Waals surface area contributed by atoms with E-state index in [0.717, 1.165) is 26.1 Å². The Balaban J connectivity index is 2.37. The van der Waals surface area contributed by atoms with E-state index in [1.54, 1.807) is 11.3 Å². The molecular formula is C14H26N2OS. The lowest BCUT2D eigenvalue weighted by atomic mass is 10.2. The molecule has 1 rings (SSSR count). The molecule has 1 unspecified atom stereocenters. The summed E-state index contributed by atoms with van der Waals surface area (Å²) < 4.78 is 0. The molecule has 0 spiro atoms.